The van der Waals surface area contributed by atoms with E-state index in [-0.39, 0.29) is 10.9 Å². The van der Waals surface area contributed by atoms with Crippen LogP contribution in [0.25, 0.3) is 0 Å². The summed E-state index contributed by atoms with van der Waals surface area (Å²) in [6, 6.07) is 1.66. The monoisotopic (exact) mass is 347 g/mol. The molecule has 2 rings (SSSR count). The summed E-state index contributed by atoms with van der Waals surface area (Å²) in [6.07, 6.45) is 4.82. The fraction of sp³-hybridized carbons (Fsp3) is 0.583. The van der Waals surface area contributed by atoms with Crippen LogP contribution >= 0.6 is 15.9 Å². The second kappa shape index (κ2) is 5.87. The molecule has 19 heavy (non-hydrogen) atoms. The largest absolute Gasteiger partial charge is 0.308 e. The summed E-state index contributed by atoms with van der Waals surface area (Å²) in [4.78, 5) is 6.23. The molecule has 1 aromatic rings. The summed E-state index contributed by atoms with van der Waals surface area (Å²) >= 11 is 3.26. The van der Waals surface area contributed by atoms with Crippen LogP contribution < -0.4 is 0 Å². The molecule has 1 unspecified atom stereocenters. The second-order valence-corrected chi connectivity index (χ2v) is 7.82. The van der Waals surface area contributed by atoms with Crippen molar-refractivity contribution in [2.75, 3.05) is 27.2 Å². The van der Waals surface area contributed by atoms with Crippen molar-refractivity contribution in [1.82, 2.24) is 14.2 Å². The molecule has 0 bridgehead atoms. The Hall–Kier alpha value is -0.500. The minimum atomic E-state index is -3.44. The van der Waals surface area contributed by atoms with Crippen LogP contribution in [0.5, 0.6) is 0 Å². The molecule has 7 heteroatoms. The highest BCUT2D eigenvalue weighted by Crippen LogP contribution is 2.27. The zero-order valence-electron chi connectivity index (χ0n) is 11.1. The Bertz CT molecular complexity index is 548. The Kier molecular flexibility index (Phi) is 4.60. The molecule has 0 N–H and O–H groups in total. The number of hydrogen-bond donors (Lipinski definition) is 0. The average molecular weight is 348 g/mol. The SMILES string of the molecule is CN(C)CC1CCCN1S(=O)(=O)c1cncc(Br)c1. The number of aromatic nitrogens is 1. The van der Waals surface area contributed by atoms with Gasteiger partial charge in [-0.25, -0.2) is 8.42 Å². The predicted octanol–water partition coefficient (Wildman–Crippen LogP) is 1.56. The van der Waals surface area contributed by atoms with Crippen LogP contribution in [0.3, 0.4) is 0 Å². The van der Waals surface area contributed by atoms with Gasteiger partial charge in [-0.05, 0) is 48.9 Å². The van der Waals surface area contributed by atoms with E-state index < -0.39 is 10.0 Å². The van der Waals surface area contributed by atoms with Gasteiger partial charge in [0.25, 0.3) is 0 Å². The van der Waals surface area contributed by atoms with Gasteiger partial charge in [-0.3, -0.25) is 4.98 Å². The van der Waals surface area contributed by atoms with E-state index in [1.807, 2.05) is 19.0 Å². The first-order chi connectivity index (χ1) is 8.91. The number of rotatable bonds is 4. The van der Waals surface area contributed by atoms with E-state index >= 15 is 0 Å². The van der Waals surface area contributed by atoms with Crippen LogP contribution in [0, 0.1) is 0 Å². The maximum atomic E-state index is 12.6. The molecule has 1 atom stereocenters. The van der Waals surface area contributed by atoms with Gasteiger partial charge in [0.15, 0.2) is 0 Å². The van der Waals surface area contributed by atoms with E-state index in [0.29, 0.717) is 11.0 Å². The molecule has 0 spiro atoms. The van der Waals surface area contributed by atoms with Crippen LogP contribution in [-0.4, -0.2) is 55.8 Å². The highest BCUT2D eigenvalue weighted by Gasteiger charge is 2.35. The standard InChI is InChI=1S/C12H18BrN3O2S/c1-15(2)9-11-4-3-5-16(11)19(17,18)12-6-10(13)7-14-8-12/h6-8,11H,3-5,9H2,1-2H3. The van der Waals surface area contributed by atoms with Crippen molar-refractivity contribution < 1.29 is 8.42 Å². The Labute approximate surface area is 122 Å². The van der Waals surface area contributed by atoms with Gasteiger partial charge in [0.05, 0.1) is 0 Å². The summed E-state index contributed by atoms with van der Waals surface area (Å²) in [7, 11) is 0.482. The van der Waals surface area contributed by atoms with E-state index in [4.69, 9.17) is 0 Å². The number of likely N-dealkylation sites (N-methyl/N-ethyl adjacent to an activating group) is 1. The van der Waals surface area contributed by atoms with Crippen LogP contribution in [-0.2, 0) is 10.0 Å². The van der Waals surface area contributed by atoms with Gasteiger partial charge < -0.3 is 4.90 Å². The molecule has 0 amide bonds. The topological polar surface area (TPSA) is 53.5 Å². The molecule has 1 saturated heterocycles. The first-order valence-electron chi connectivity index (χ1n) is 6.18. The Morgan fingerprint density at radius 2 is 2.21 bits per heavy atom. The lowest BCUT2D eigenvalue weighted by molar-refractivity contribution is 0.291. The molecule has 2 heterocycles. The smallest absolute Gasteiger partial charge is 0.244 e. The van der Waals surface area contributed by atoms with Crippen molar-refractivity contribution >= 4 is 26.0 Å². The van der Waals surface area contributed by atoms with Crippen molar-refractivity contribution in [3.63, 3.8) is 0 Å². The molecule has 106 valence electrons. The fourth-order valence-corrected chi connectivity index (χ4v) is 4.59. The summed E-state index contributed by atoms with van der Waals surface area (Å²) in [5.41, 5.74) is 0. The quantitative estimate of drug-likeness (QED) is 0.829. The van der Waals surface area contributed by atoms with Crippen LogP contribution in [0.2, 0.25) is 0 Å². The molecule has 0 aromatic carbocycles. The van der Waals surface area contributed by atoms with Crippen LogP contribution in [0.1, 0.15) is 12.8 Å². The third-order valence-corrected chi connectivity index (χ3v) is 5.54. The first kappa shape index (κ1) is 14.9. The number of sulfonamides is 1. The lowest BCUT2D eigenvalue weighted by atomic mass is 10.2. The fourth-order valence-electron chi connectivity index (χ4n) is 2.40. The molecule has 5 nitrogen and oxygen atoms in total. The van der Waals surface area contributed by atoms with Crippen molar-refractivity contribution in [2.45, 2.75) is 23.8 Å². The third-order valence-electron chi connectivity index (χ3n) is 3.19. The third kappa shape index (κ3) is 3.34. The van der Waals surface area contributed by atoms with Gasteiger partial charge in [0, 0.05) is 36.0 Å². The minimum Gasteiger partial charge on any atom is -0.308 e. The number of hydrogen-bond acceptors (Lipinski definition) is 4. The van der Waals surface area contributed by atoms with Crippen molar-refractivity contribution in [1.29, 1.82) is 0 Å². The summed E-state index contributed by atoms with van der Waals surface area (Å²) < 4.78 is 27.5. The Balaban J connectivity index is 2.28. The lowest BCUT2D eigenvalue weighted by Gasteiger charge is -2.26. The summed E-state index contributed by atoms with van der Waals surface area (Å²) in [5.74, 6) is 0. The molecular formula is C12H18BrN3O2S. The van der Waals surface area contributed by atoms with Gasteiger partial charge in [0.1, 0.15) is 4.90 Å². The maximum absolute atomic E-state index is 12.6. The van der Waals surface area contributed by atoms with Gasteiger partial charge in [0.2, 0.25) is 10.0 Å². The van der Waals surface area contributed by atoms with E-state index in [9.17, 15) is 8.42 Å². The van der Waals surface area contributed by atoms with E-state index in [0.717, 1.165) is 19.4 Å². The van der Waals surface area contributed by atoms with E-state index in [2.05, 4.69) is 20.9 Å². The number of halogens is 1. The zero-order chi connectivity index (χ0) is 14.0. The normalized spacial score (nSPS) is 21.2. The average Bonchev–Trinajstić information content (AvgIpc) is 2.77. The van der Waals surface area contributed by atoms with Gasteiger partial charge in [-0.2, -0.15) is 4.31 Å². The van der Waals surface area contributed by atoms with Crippen molar-refractivity contribution in [3.8, 4) is 0 Å². The second-order valence-electron chi connectivity index (χ2n) is 5.01. The van der Waals surface area contributed by atoms with Gasteiger partial charge in [-0.15, -0.1) is 0 Å². The Morgan fingerprint density at radius 1 is 1.47 bits per heavy atom. The van der Waals surface area contributed by atoms with Crippen LogP contribution in [0.15, 0.2) is 27.8 Å². The molecule has 1 fully saturated rings. The zero-order valence-corrected chi connectivity index (χ0v) is 13.5. The van der Waals surface area contributed by atoms with E-state index in [1.54, 1.807) is 16.6 Å². The van der Waals surface area contributed by atoms with Gasteiger partial charge >= 0.3 is 0 Å². The highest BCUT2D eigenvalue weighted by molar-refractivity contribution is 9.10. The van der Waals surface area contributed by atoms with Crippen molar-refractivity contribution in [3.05, 3.63) is 22.9 Å². The molecule has 0 radical (unpaired) electrons. The lowest BCUT2D eigenvalue weighted by Crippen LogP contribution is -2.41. The maximum Gasteiger partial charge on any atom is 0.244 e. The number of pyridine rings is 1. The molecule has 0 saturated carbocycles. The predicted molar refractivity (Wildman–Crippen MR) is 77.4 cm³/mol. The Morgan fingerprint density at radius 3 is 2.84 bits per heavy atom. The van der Waals surface area contributed by atoms with E-state index in [1.165, 1.54) is 6.20 Å². The number of nitrogens with zero attached hydrogens (tertiary/aromatic N) is 3. The van der Waals surface area contributed by atoms with Crippen molar-refractivity contribution in [2.24, 2.45) is 0 Å². The molecule has 1 aliphatic rings. The molecule has 1 aliphatic heterocycles. The molecular weight excluding hydrogens is 330 g/mol. The minimum absolute atomic E-state index is 0.0546. The summed E-state index contributed by atoms with van der Waals surface area (Å²) in [5, 5.41) is 0. The van der Waals surface area contributed by atoms with Gasteiger partial charge in [-0.1, -0.05) is 0 Å². The molecule has 1 aromatic heterocycles. The van der Waals surface area contributed by atoms with Crippen LogP contribution in [0.4, 0.5) is 0 Å². The summed E-state index contributed by atoms with van der Waals surface area (Å²) in [6.45, 7) is 1.34. The highest BCUT2D eigenvalue weighted by atomic mass is 79.9. The molecule has 0 aliphatic carbocycles. The first-order valence-corrected chi connectivity index (χ1v) is 8.41.